The third-order valence-corrected chi connectivity index (χ3v) is 2.99. The van der Waals surface area contributed by atoms with Gasteiger partial charge in [-0.15, -0.1) is 0 Å². The van der Waals surface area contributed by atoms with Crippen LogP contribution in [-0.2, 0) is 4.79 Å². The van der Waals surface area contributed by atoms with Crippen LogP contribution >= 0.6 is 0 Å². The Bertz CT molecular complexity index is 656. The molecule has 0 spiro atoms. The van der Waals surface area contributed by atoms with E-state index in [1.807, 2.05) is 37.3 Å². The van der Waals surface area contributed by atoms with Gasteiger partial charge in [-0.2, -0.15) is 5.26 Å². The largest absolute Gasteiger partial charge is 0.370 e. The van der Waals surface area contributed by atoms with Gasteiger partial charge in [-0.05, 0) is 42.3 Å². The molecule has 1 atom stereocenters. The van der Waals surface area contributed by atoms with E-state index in [1.165, 1.54) is 0 Å². The zero-order valence-electron chi connectivity index (χ0n) is 11.1. The normalized spacial score (nSPS) is 11.4. The monoisotopic (exact) mass is 265 g/mol. The molecular weight excluding hydrogens is 250 g/mol. The Balaban J connectivity index is 2.27. The maximum absolute atomic E-state index is 11.6. The average Bonchev–Trinajstić information content (AvgIpc) is 2.45. The Morgan fingerprint density at radius 1 is 1.25 bits per heavy atom. The Morgan fingerprint density at radius 2 is 1.95 bits per heavy atom. The van der Waals surface area contributed by atoms with Crippen LogP contribution < -0.4 is 11.1 Å². The van der Waals surface area contributed by atoms with Crippen LogP contribution in [0.25, 0.3) is 0 Å². The molecule has 2 aromatic rings. The predicted molar refractivity (Wildman–Crippen MR) is 77.9 cm³/mol. The topological polar surface area (TPSA) is 78.9 Å². The van der Waals surface area contributed by atoms with Crippen LogP contribution in [0.1, 0.15) is 22.7 Å². The summed E-state index contributed by atoms with van der Waals surface area (Å²) in [5.41, 5.74) is 8.67. The van der Waals surface area contributed by atoms with Crippen molar-refractivity contribution in [1.29, 1.82) is 5.26 Å². The van der Waals surface area contributed by atoms with Crippen molar-refractivity contribution in [2.45, 2.75) is 13.0 Å². The Morgan fingerprint density at radius 3 is 2.50 bits per heavy atom. The summed E-state index contributed by atoms with van der Waals surface area (Å²) in [5, 5.41) is 11.9. The van der Waals surface area contributed by atoms with Gasteiger partial charge in [0.15, 0.2) is 0 Å². The fourth-order valence-electron chi connectivity index (χ4n) is 1.97. The molecule has 2 rings (SSSR count). The van der Waals surface area contributed by atoms with Gasteiger partial charge in [-0.25, -0.2) is 0 Å². The number of nitriles is 1. The molecule has 3 N–H and O–H groups in total. The van der Waals surface area contributed by atoms with E-state index in [2.05, 4.69) is 5.32 Å². The summed E-state index contributed by atoms with van der Waals surface area (Å²) < 4.78 is 0. The highest BCUT2D eigenvalue weighted by Gasteiger charge is 2.17. The first-order valence-corrected chi connectivity index (χ1v) is 6.23. The van der Waals surface area contributed by atoms with Crippen LogP contribution in [-0.4, -0.2) is 5.91 Å². The zero-order valence-corrected chi connectivity index (χ0v) is 11.1. The Kier molecular flexibility index (Phi) is 4.02. The van der Waals surface area contributed by atoms with E-state index < -0.39 is 11.9 Å². The number of nitrogens with one attached hydrogen (secondary N) is 1. The van der Waals surface area contributed by atoms with Gasteiger partial charge in [0.05, 0.1) is 11.6 Å². The summed E-state index contributed by atoms with van der Waals surface area (Å²) in [6.45, 7) is 1.98. The molecule has 0 aliphatic rings. The fourth-order valence-corrected chi connectivity index (χ4v) is 1.97. The molecule has 0 aliphatic heterocycles. The van der Waals surface area contributed by atoms with Crippen molar-refractivity contribution in [1.82, 2.24) is 0 Å². The number of carbonyl (C=O) groups is 1. The maximum Gasteiger partial charge on any atom is 0.244 e. The highest BCUT2D eigenvalue weighted by atomic mass is 16.1. The highest BCUT2D eigenvalue weighted by molar-refractivity contribution is 5.84. The predicted octanol–water partition coefficient (Wildman–Crippen LogP) is 2.51. The fraction of sp³-hybridized carbons (Fsp3) is 0.125. The molecule has 0 saturated heterocycles. The number of hydrogen-bond acceptors (Lipinski definition) is 3. The Labute approximate surface area is 117 Å². The molecule has 0 bridgehead atoms. The van der Waals surface area contributed by atoms with E-state index in [0.29, 0.717) is 5.56 Å². The van der Waals surface area contributed by atoms with Crippen molar-refractivity contribution in [3.63, 3.8) is 0 Å². The van der Waals surface area contributed by atoms with Crippen LogP contribution in [0.4, 0.5) is 5.69 Å². The first-order valence-electron chi connectivity index (χ1n) is 6.23. The average molecular weight is 265 g/mol. The summed E-state index contributed by atoms with van der Waals surface area (Å²) in [6, 6.07) is 15.9. The minimum atomic E-state index is -0.621. The minimum absolute atomic E-state index is 0.462. The van der Waals surface area contributed by atoms with Gasteiger partial charge in [0.1, 0.15) is 6.04 Å². The molecular formula is C16H15N3O. The van der Waals surface area contributed by atoms with Gasteiger partial charge in [0.25, 0.3) is 0 Å². The van der Waals surface area contributed by atoms with Gasteiger partial charge >= 0.3 is 0 Å². The van der Waals surface area contributed by atoms with E-state index in [1.54, 1.807) is 24.3 Å². The maximum atomic E-state index is 11.6. The lowest BCUT2D eigenvalue weighted by atomic mass is 10.0. The molecule has 0 heterocycles. The molecule has 0 fully saturated rings. The van der Waals surface area contributed by atoms with Gasteiger partial charge in [0.2, 0.25) is 5.91 Å². The summed E-state index contributed by atoms with van der Waals surface area (Å²) in [7, 11) is 0. The molecule has 100 valence electrons. The van der Waals surface area contributed by atoms with E-state index >= 15 is 0 Å². The second-order valence-corrected chi connectivity index (χ2v) is 4.58. The number of aryl methyl sites for hydroxylation is 1. The van der Waals surface area contributed by atoms with E-state index in [0.717, 1.165) is 16.8 Å². The van der Waals surface area contributed by atoms with Crippen LogP contribution in [0.3, 0.4) is 0 Å². The number of nitrogens with two attached hydrogens (primary N) is 1. The third-order valence-electron chi connectivity index (χ3n) is 2.99. The molecule has 0 saturated carbocycles. The third kappa shape index (κ3) is 3.15. The summed E-state index contributed by atoms with van der Waals surface area (Å²) >= 11 is 0. The quantitative estimate of drug-likeness (QED) is 0.891. The van der Waals surface area contributed by atoms with Crippen molar-refractivity contribution in [2.75, 3.05) is 5.32 Å². The molecule has 0 aliphatic carbocycles. The standard InChI is InChI=1S/C16H15N3O/c1-11-3-2-4-14(9-11)19-15(16(18)20)13-7-5-12(10-17)6-8-13/h2-9,15,19H,1H3,(H2,18,20). The first kappa shape index (κ1) is 13.6. The lowest BCUT2D eigenvalue weighted by Crippen LogP contribution is -2.27. The van der Waals surface area contributed by atoms with Crippen LogP contribution in [0.5, 0.6) is 0 Å². The van der Waals surface area contributed by atoms with E-state index in [9.17, 15) is 4.79 Å². The van der Waals surface area contributed by atoms with Crippen molar-refractivity contribution in [2.24, 2.45) is 5.73 Å². The summed E-state index contributed by atoms with van der Waals surface area (Å²) in [4.78, 5) is 11.6. The Hall–Kier alpha value is -2.80. The number of carbonyl (C=O) groups excluding carboxylic acids is 1. The van der Waals surface area contributed by atoms with Crippen molar-refractivity contribution in [3.05, 3.63) is 65.2 Å². The number of hydrogen-bond donors (Lipinski definition) is 2. The molecule has 2 aromatic carbocycles. The molecule has 20 heavy (non-hydrogen) atoms. The smallest absolute Gasteiger partial charge is 0.244 e. The first-order chi connectivity index (χ1) is 9.60. The summed E-state index contributed by atoms with van der Waals surface area (Å²) in [6.07, 6.45) is 0. The van der Waals surface area contributed by atoms with Crippen LogP contribution in [0, 0.1) is 18.3 Å². The molecule has 0 aromatic heterocycles. The number of primary amides is 1. The second kappa shape index (κ2) is 5.89. The number of rotatable bonds is 4. The highest BCUT2D eigenvalue weighted by Crippen LogP contribution is 2.20. The van der Waals surface area contributed by atoms with Crippen molar-refractivity contribution < 1.29 is 4.79 Å². The molecule has 1 unspecified atom stereocenters. The number of nitrogens with zero attached hydrogens (tertiary/aromatic N) is 1. The molecule has 4 nitrogen and oxygen atoms in total. The van der Waals surface area contributed by atoms with Gasteiger partial charge in [-0.3, -0.25) is 4.79 Å². The number of benzene rings is 2. The SMILES string of the molecule is Cc1cccc(NC(C(N)=O)c2ccc(C#N)cc2)c1. The minimum Gasteiger partial charge on any atom is -0.370 e. The van der Waals surface area contributed by atoms with Gasteiger partial charge < -0.3 is 11.1 Å². The number of amides is 1. The zero-order chi connectivity index (χ0) is 14.5. The molecule has 4 heteroatoms. The van der Waals surface area contributed by atoms with Gasteiger partial charge in [-0.1, -0.05) is 24.3 Å². The van der Waals surface area contributed by atoms with Crippen molar-refractivity contribution >= 4 is 11.6 Å². The van der Waals surface area contributed by atoms with E-state index in [4.69, 9.17) is 11.0 Å². The molecule has 1 amide bonds. The number of anilines is 1. The van der Waals surface area contributed by atoms with Crippen LogP contribution in [0.2, 0.25) is 0 Å². The lowest BCUT2D eigenvalue weighted by Gasteiger charge is -2.17. The lowest BCUT2D eigenvalue weighted by molar-refractivity contribution is -0.118. The summed E-state index contributed by atoms with van der Waals surface area (Å²) in [5.74, 6) is -0.462. The molecule has 0 radical (unpaired) electrons. The second-order valence-electron chi connectivity index (χ2n) is 4.58. The van der Waals surface area contributed by atoms with Crippen molar-refractivity contribution in [3.8, 4) is 6.07 Å². The van der Waals surface area contributed by atoms with E-state index in [-0.39, 0.29) is 0 Å². The van der Waals surface area contributed by atoms with Gasteiger partial charge in [0, 0.05) is 5.69 Å². The van der Waals surface area contributed by atoms with Crippen LogP contribution in [0.15, 0.2) is 48.5 Å².